The van der Waals surface area contributed by atoms with Crippen LogP contribution in [0, 0.1) is 0 Å². The van der Waals surface area contributed by atoms with Gasteiger partial charge in [0.05, 0.1) is 0 Å². The molecule has 1 fully saturated rings. The summed E-state index contributed by atoms with van der Waals surface area (Å²) in [6.45, 7) is 4.79. The van der Waals surface area contributed by atoms with Crippen LogP contribution in [0.2, 0.25) is 0 Å². The van der Waals surface area contributed by atoms with Crippen LogP contribution in [0.1, 0.15) is 12.8 Å². The number of carbonyl (C=O) groups excluding carboxylic acids is 1. The SMILES string of the molecule is C=CCC(NC(=O)N1CCC(N(C)C)C1)C(=O)O. The van der Waals surface area contributed by atoms with Crippen molar-refractivity contribution in [2.45, 2.75) is 24.9 Å². The van der Waals surface area contributed by atoms with Crippen molar-refractivity contribution in [3.63, 3.8) is 0 Å². The van der Waals surface area contributed by atoms with Crippen molar-refractivity contribution in [2.75, 3.05) is 27.2 Å². The molecule has 0 aliphatic carbocycles. The Kier molecular flexibility index (Phi) is 5.15. The first kappa shape index (κ1) is 14.5. The first-order valence-electron chi connectivity index (χ1n) is 6.01. The van der Waals surface area contributed by atoms with Crippen LogP contribution < -0.4 is 5.32 Å². The van der Waals surface area contributed by atoms with E-state index < -0.39 is 12.0 Å². The van der Waals surface area contributed by atoms with Crippen LogP contribution in [0.25, 0.3) is 0 Å². The Morgan fingerprint density at radius 2 is 2.28 bits per heavy atom. The lowest BCUT2D eigenvalue weighted by molar-refractivity contribution is -0.139. The minimum Gasteiger partial charge on any atom is -0.480 e. The molecule has 18 heavy (non-hydrogen) atoms. The zero-order chi connectivity index (χ0) is 13.7. The summed E-state index contributed by atoms with van der Waals surface area (Å²) in [5.74, 6) is -1.04. The molecule has 1 saturated heterocycles. The third-order valence-corrected chi connectivity index (χ3v) is 3.18. The van der Waals surface area contributed by atoms with Crippen LogP contribution in [0.4, 0.5) is 4.79 Å². The van der Waals surface area contributed by atoms with Gasteiger partial charge in [-0.25, -0.2) is 9.59 Å². The molecule has 0 radical (unpaired) electrons. The number of aliphatic carboxylic acids is 1. The lowest BCUT2D eigenvalue weighted by Crippen LogP contribution is -2.47. The van der Waals surface area contributed by atoms with Crippen LogP contribution in [0.3, 0.4) is 0 Å². The molecule has 0 aromatic carbocycles. The molecule has 1 rings (SSSR count). The molecule has 0 spiro atoms. The van der Waals surface area contributed by atoms with Gasteiger partial charge in [-0.3, -0.25) is 0 Å². The maximum Gasteiger partial charge on any atom is 0.326 e. The maximum atomic E-state index is 11.9. The number of hydrogen-bond donors (Lipinski definition) is 2. The first-order valence-corrected chi connectivity index (χ1v) is 6.01. The van der Waals surface area contributed by atoms with Crippen LogP contribution >= 0.6 is 0 Å². The molecule has 102 valence electrons. The van der Waals surface area contributed by atoms with Gasteiger partial charge in [0.25, 0.3) is 0 Å². The molecule has 2 atom stereocenters. The molecule has 6 nitrogen and oxygen atoms in total. The molecule has 2 N–H and O–H groups in total. The normalized spacial score (nSPS) is 20.8. The molecule has 1 aliphatic rings. The van der Waals surface area contributed by atoms with Crippen molar-refractivity contribution in [3.05, 3.63) is 12.7 Å². The van der Waals surface area contributed by atoms with E-state index in [9.17, 15) is 9.59 Å². The van der Waals surface area contributed by atoms with Gasteiger partial charge >= 0.3 is 12.0 Å². The summed E-state index contributed by atoms with van der Waals surface area (Å²) in [5.41, 5.74) is 0. The highest BCUT2D eigenvalue weighted by Gasteiger charge is 2.29. The lowest BCUT2D eigenvalue weighted by Gasteiger charge is -2.22. The van der Waals surface area contributed by atoms with E-state index >= 15 is 0 Å². The fourth-order valence-corrected chi connectivity index (χ4v) is 1.98. The van der Waals surface area contributed by atoms with E-state index in [4.69, 9.17) is 5.11 Å². The van der Waals surface area contributed by atoms with Gasteiger partial charge in [0.1, 0.15) is 6.04 Å². The summed E-state index contributed by atoms with van der Waals surface area (Å²) < 4.78 is 0. The quantitative estimate of drug-likeness (QED) is 0.696. The third-order valence-electron chi connectivity index (χ3n) is 3.18. The molecule has 0 aromatic heterocycles. The highest BCUT2D eigenvalue weighted by atomic mass is 16.4. The number of likely N-dealkylation sites (tertiary alicyclic amines) is 1. The van der Waals surface area contributed by atoms with Gasteiger partial charge in [-0.15, -0.1) is 6.58 Å². The molecular weight excluding hydrogens is 234 g/mol. The smallest absolute Gasteiger partial charge is 0.326 e. The van der Waals surface area contributed by atoms with Crippen molar-refractivity contribution >= 4 is 12.0 Å². The summed E-state index contributed by atoms with van der Waals surface area (Å²) in [6, 6.07) is -0.861. The van der Waals surface area contributed by atoms with Crippen LogP contribution in [-0.2, 0) is 4.79 Å². The Bertz CT molecular complexity index is 331. The number of hydrogen-bond acceptors (Lipinski definition) is 3. The molecule has 2 amide bonds. The summed E-state index contributed by atoms with van der Waals surface area (Å²) in [5, 5.41) is 11.5. The number of urea groups is 1. The van der Waals surface area contributed by atoms with Gasteiger partial charge in [0.15, 0.2) is 0 Å². The zero-order valence-electron chi connectivity index (χ0n) is 10.9. The van der Waals surface area contributed by atoms with E-state index in [2.05, 4.69) is 16.8 Å². The highest BCUT2D eigenvalue weighted by molar-refractivity contribution is 5.82. The molecule has 0 bridgehead atoms. The number of amides is 2. The Morgan fingerprint density at radius 3 is 2.72 bits per heavy atom. The predicted molar refractivity (Wildman–Crippen MR) is 68.4 cm³/mol. The Labute approximate surface area is 107 Å². The van der Waals surface area contributed by atoms with Crippen molar-refractivity contribution < 1.29 is 14.7 Å². The molecule has 2 unspecified atom stereocenters. The minimum atomic E-state index is -1.04. The Hall–Kier alpha value is -1.56. The van der Waals surface area contributed by atoms with E-state index in [1.165, 1.54) is 6.08 Å². The van der Waals surface area contributed by atoms with Crippen molar-refractivity contribution in [2.24, 2.45) is 0 Å². The standard InChI is InChI=1S/C12H21N3O3/c1-4-5-10(11(16)17)13-12(18)15-7-6-9(8-15)14(2)3/h4,9-10H,1,5-8H2,2-3H3,(H,13,18)(H,16,17). The second-order valence-corrected chi connectivity index (χ2v) is 4.72. The predicted octanol–water partition coefficient (Wildman–Crippen LogP) is 0.361. The van der Waals surface area contributed by atoms with Crippen LogP contribution in [0.15, 0.2) is 12.7 Å². The maximum absolute atomic E-state index is 11.9. The summed E-state index contributed by atoms with van der Waals surface area (Å²) in [7, 11) is 3.95. The van der Waals surface area contributed by atoms with Crippen LogP contribution in [0.5, 0.6) is 0 Å². The second kappa shape index (κ2) is 6.39. The number of carboxylic acids is 1. The van der Waals surface area contributed by atoms with Gasteiger partial charge in [-0.2, -0.15) is 0 Å². The van der Waals surface area contributed by atoms with Gasteiger partial charge in [-0.1, -0.05) is 6.08 Å². The van der Waals surface area contributed by atoms with Gasteiger partial charge < -0.3 is 20.2 Å². The van der Waals surface area contributed by atoms with Gasteiger partial charge in [0.2, 0.25) is 0 Å². The molecule has 1 heterocycles. The molecule has 0 aromatic rings. The molecule has 0 saturated carbocycles. The number of nitrogens with zero attached hydrogens (tertiary/aromatic N) is 2. The number of carbonyl (C=O) groups is 2. The van der Waals surface area contributed by atoms with Crippen molar-refractivity contribution in [1.82, 2.24) is 15.1 Å². The van der Waals surface area contributed by atoms with Gasteiger partial charge in [0, 0.05) is 19.1 Å². The second-order valence-electron chi connectivity index (χ2n) is 4.72. The zero-order valence-corrected chi connectivity index (χ0v) is 10.9. The number of likely N-dealkylation sites (N-methyl/N-ethyl adjacent to an activating group) is 1. The first-order chi connectivity index (χ1) is 8.45. The monoisotopic (exact) mass is 255 g/mol. The lowest BCUT2D eigenvalue weighted by atomic mass is 10.2. The van der Waals surface area contributed by atoms with Crippen LogP contribution in [-0.4, -0.2) is 66.2 Å². The topological polar surface area (TPSA) is 72.9 Å². The third kappa shape index (κ3) is 3.73. The van der Waals surface area contributed by atoms with E-state index in [0.717, 1.165) is 6.42 Å². The molecule has 6 heteroatoms. The highest BCUT2D eigenvalue weighted by Crippen LogP contribution is 2.13. The molecule has 1 aliphatic heterocycles. The Balaban J connectivity index is 2.50. The largest absolute Gasteiger partial charge is 0.480 e. The number of carboxylic acid groups (broad SMARTS) is 1. The summed E-state index contributed by atoms with van der Waals surface area (Å²) in [4.78, 5) is 26.6. The number of rotatable bonds is 5. The average Bonchev–Trinajstić information content (AvgIpc) is 2.77. The van der Waals surface area contributed by atoms with E-state index in [1.54, 1.807) is 4.90 Å². The molecular formula is C12H21N3O3. The summed E-state index contributed by atoms with van der Waals surface area (Å²) >= 11 is 0. The van der Waals surface area contributed by atoms with E-state index in [0.29, 0.717) is 19.1 Å². The van der Waals surface area contributed by atoms with Crippen molar-refractivity contribution in [1.29, 1.82) is 0 Å². The van der Waals surface area contributed by atoms with Crippen molar-refractivity contribution in [3.8, 4) is 0 Å². The fourth-order valence-electron chi connectivity index (χ4n) is 1.98. The fraction of sp³-hybridized carbons (Fsp3) is 0.667. The van der Waals surface area contributed by atoms with E-state index in [-0.39, 0.29) is 12.5 Å². The summed E-state index contributed by atoms with van der Waals surface area (Å²) in [6.07, 6.45) is 2.64. The average molecular weight is 255 g/mol. The van der Waals surface area contributed by atoms with E-state index in [1.807, 2.05) is 14.1 Å². The minimum absolute atomic E-state index is 0.228. The van der Waals surface area contributed by atoms with Gasteiger partial charge in [-0.05, 0) is 26.9 Å². The number of nitrogens with one attached hydrogen (secondary N) is 1. The Morgan fingerprint density at radius 1 is 1.61 bits per heavy atom.